The number of ether oxygens (including phenoxy) is 1. The highest BCUT2D eigenvalue weighted by atomic mass is 19.2. The summed E-state index contributed by atoms with van der Waals surface area (Å²) in [5.41, 5.74) is 0.531. The van der Waals surface area contributed by atoms with Crippen LogP contribution in [0.3, 0.4) is 0 Å². The second-order valence-electron chi connectivity index (χ2n) is 7.52. The summed E-state index contributed by atoms with van der Waals surface area (Å²) in [5.74, 6) is -1.89. The molecule has 3 fully saturated rings. The molecule has 1 aromatic rings. The van der Waals surface area contributed by atoms with E-state index < -0.39 is 11.6 Å². The molecule has 0 N–H and O–H groups in total. The number of hydrogen-bond donors (Lipinski definition) is 0. The van der Waals surface area contributed by atoms with Gasteiger partial charge in [-0.1, -0.05) is 12.1 Å². The first-order valence-corrected chi connectivity index (χ1v) is 8.86. The first kappa shape index (κ1) is 16.0. The van der Waals surface area contributed by atoms with E-state index in [1.807, 2.05) is 4.90 Å². The number of benzene rings is 1. The molecule has 3 nitrogen and oxygen atoms in total. The Morgan fingerprint density at radius 1 is 1.25 bits per heavy atom. The van der Waals surface area contributed by atoms with Crippen LogP contribution in [0.4, 0.5) is 8.78 Å². The van der Waals surface area contributed by atoms with Gasteiger partial charge in [-0.3, -0.25) is 4.79 Å². The standard InChI is InChI=1S/C19H23F2NO2/c1-12-19(6-9-24-10-7-19)5-8-22(12)18(23)15-11-14(15)13-3-2-4-16(20)17(13)21/h2-4,12,14-15H,5-11H2,1H3/t12-,14-,15+/m0/s1. The molecule has 0 aromatic heterocycles. The SMILES string of the molecule is C[C@@H]1N(C(=O)[C@@H]2C[C@H]2c2cccc(F)c2F)CCC12CCOCC2. The van der Waals surface area contributed by atoms with E-state index in [2.05, 4.69) is 6.92 Å². The lowest BCUT2D eigenvalue weighted by molar-refractivity contribution is -0.134. The fourth-order valence-corrected chi connectivity index (χ4v) is 4.65. The van der Waals surface area contributed by atoms with Crippen molar-refractivity contribution in [3.8, 4) is 0 Å². The van der Waals surface area contributed by atoms with Crippen molar-refractivity contribution in [3.05, 3.63) is 35.4 Å². The fourth-order valence-electron chi connectivity index (χ4n) is 4.65. The van der Waals surface area contributed by atoms with E-state index in [-0.39, 0.29) is 29.2 Å². The summed E-state index contributed by atoms with van der Waals surface area (Å²) in [6.45, 7) is 4.45. The Morgan fingerprint density at radius 2 is 2.00 bits per heavy atom. The largest absolute Gasteiger partial charge is 0.381 e. The Bertz CT molecular complexity index is 657. The first-order valence-electron chi connectivity index (χ1n) is 8.86. The van der Waals surface area contributed by atoms with Gasteiger partial charge in [-0.15, -0.1) is 0 Å². The van der Waals surface area contributed by atoms with Crippen LogP contribution < -0.4 is 0 Å². The number of amides is 1. The van der Waals surface area contributed by atoms with Gasteiger partial charge in [0.1, 0.15) is 0 Å². The van der Waals surface area contributed by atoms with Crippen LogP contribution in [0.2, 0.25) is 0 Å². The molecule has 3 aliphatic rings. The van der Waals surface area contributed by atoms with Crippen LogP contribution in [0.1, 0.15) is 44.1 Å². The molecule has 5 heteroatoms. The van der Waals surface area contributed by atoms with E-state index in [0.717, 1.165) is 45.1 Å². The number of carbonyl (C=O) groups is 1. The number of likely N-dealkylation sites (tertiary alicyclic amines) is 1. The van der Waals surface area contributed by atoms with Gasteiger partial charge < -0.3 is 9.64 Å². The number of hydrogen-bond acceptors (Lipinski definition) is 2. The number of nitrogens with zero attached hydrogens (tertiary/aromatic N) is 1. The van der Waals surface area contributed by atoms with Gasteiger partial charge >= 0.3 is 0 Å². The highest BCUT2D eigenvalue weighted by Gasteiger charge is 2.53. The minimum absolute atomic E-state index is 0.111. The summed E-state index contributed by atoms with van der Waals surface area (Å²) in [6, 6.07) is 4.44. The Morgan fingerprint density at radius 3 is 2.75 bits per heavy atom. The van der Waals surface area contributed by atoms with Gasteiger partial charge in [-0.25, -0.2) is 8.78 Å². The minimum Gasteiger partial charge on any atom is -0.381 e. The Balaban J connectivity index is 1.47. The Hall–Kier alpha value is -1.49. The third kappa shape index (κ3) is 2.44. The molecule has 0 unspecified atom stereocenters. The van der Waals surface area contributed by atoms with Crippen molar-refractivity contribution in [1.29, 1.82) is 0 Å². The molecular weight excluding hydrogens is 312 g/mol. The van der Waals surface area contributed by atoms with Crippen molar-refractivity contribution < 1.29 is 18.3 Å². The quantitative estimate of drug-likeness (QED) is 0.828. The van der Waals surface area contributed by atoms with E-state index >= 15 is 0 Å². The van der Waals surface area contributed by atoms with Gasteiger partial charge in [-0.05, 0) is 55.6 Å². The summed E-state index contributed by atoms with van der Waals surface area (Å²) in [7, 11) is 0. The number of rotatable bonds is 2. The topological polar surface area (TPSA) is 29.5 Å². The smallest absolute Gasteiger partial charge is 0.226 e. The molecule has 0 bridgehead atoms. The van der Waals surface area contributed by atoms with E-state index in [1.165, 1.54) is 6.07 Å². The summed E-state index contributed by atoms with van der Waals surface area (Å²) >= 11 is 0. The van der Waals surface area contributed by atoms with Crippen LogP contribution in [0.15, 0.2) is 18.2 Å². The Labute approximate surface area is 141 Å². The van der Waals surface area contributed by atoms with Crippen molar-refractivity contribution >= 4 is 5.91 Å². The molecule has 2 heterocycles. The molecule has 1 aromatic carbocycles. The number of carbonyl (C=O) groups excluding carboxylic acids is 1. The molecule has 1 spiro atoms. The predicted molar refractivity (Wildman–Crippen MR) is 85.5 cm³/mol. The van der Waals surface area contributed by atoms with Gasteiger partial charge in [0.25, 0.3) is 0 Å². The maximum atomic E-state index is 14.0. The maximum absolute atomic E-state index is 14.0. The van der Waals surface area contributed by atoms with Crippen molar-refractivity contribution in [3.63, 3.8) is 0 Å². The zero-order valence-electron chi connectivity index (χ0n) is 13.9. The zero-order valence-corrected chi connectivity index (χ0v) is 13.9. The van der Waals surface area contributed by atoms with Crippen molar-refractivity contribution in [2.75, 3.05) is 19.8 Å². The molecule has 1 amide bonds. The van der Waals surface area contributed by atoms with Crippen LogP contribution in [0.25, 0.3) is 0 Å². The van der Waals surface area contributed by atoms with Crippen molar-refractivity contribution in [2.45, 2.75) is 44.6 Å². The van der Waals surface area contributed by atoms with E-state index in [4.69, 9.17) is 4.74 Å². The van der Waals surface area contributed by atoms with Crippen LogP contribution in [0.5, 0.6) is 0 Å². The molecular formula is C19H23F2NO2. The summed E-state index contributed by atoms with van der Waals surface area (Å²) in [4.78, 5) is 14.9. The molecule has 2 saturated heterocycles. The molecule has 4 rings (SSSR count). The fraction of sp³-hybridized carbons (Fsp3) is 0.632. The lowest BCUT2D eigenvalue weighted by Crippen LogP contribution is -2.44. The van der Waals surface area contributed by atoms with Crippen LogP contribution in [0, 0.1) is 23.0 Å². The molecule has 24 heavy (non-hydrogen) atoms. The average Bonchev–Trinajstić information content (AvgIpc) is 3.32. The predicted octanol–water partition coefficient (Wildman–Crippen LogP) is 3.49. The molecule has 130 valence electrons. The van der Waals surface area contributed by atoms with Crippen LogP contribution in [-0.4, -0.2) is 36.6 Å². The number of halogens is 2. The molecule has 0 radical (unpaired) electrons. The Kier molecular flexibility index (Phi) is 3.87. The lowest BCUT2D eigenvalue weighted by atomic mass is 9.74. The van der Waals surface area contributed by atoms with Gasteiger partial charge in [0.05, 0.1) is 0 Å². The second-order valence-corrected chi connectivity index (χ2v) is 7.52. The van der Waals surface area contributed by atoms with E-state index in [0.29, 0.717) is 12.0 Å². The third-order valence-corrected chi connectivity index (χ3v) is 6.46. The zero-order chi connectivity index (χ0) is 16.9. The summed E-state index contributed by atoms with van der Waals surface area (Å²) in [6.07, 6.45) is 3.66. The van der Waals surface area contributed by atoms with Crippen molar-refractivity contribution in [2.24, 2.45) is 11.3 Å². The lowest BCUT2D eigenvalue weighted by Gasteiger charge is -2.39. The third-order valence-electron chi connectivity index (χ3n) is 6.46. The monoisotopic (exact) mass is 335 g/mol. The van der Waals surface area contributed by atoms with E-state index in [9.17, 15) is 13.6 Å². The second kappa shape index (κ2) is 5.80. The molecule has 3 atom stereocenters. The first-order chi connectivity index (χ1) is 11.5. The minimum atomic E-state index is -0.832. The highest BCUT2D eigenvalue weighted by Crippen LogP contribution is 2.52. The normalized spacial score (nSPS) is 31.5. The molecule has 2 aliphatic heterocycles. The van der Waals surface area contributed by atoms with Gasteiger partial charge in [0.2, 0.25) is 5.91 Å². The van der Waals surface area contributed by atoms with Gasteiger partial charge in [0, 0.05) is 31.7 Å². The molecule has 1 saturated carbocycles. The van der Waals surface area contributed by atoms with E-state index in [1.54, 1.807) is 6.07 Å². The van der Waals surface area contributed by atoms with Gasteiger partial charge in [-0.2, -0.15) is 0 Å². The average molecular weight is 335 g/mol. The highest BCUT2D eigenvalue weighted by molar-refractivity contribution is 5.83. The molecule has 1 aliphatic carbocycles. The van der Waals surface area contributed by atoms with Crippen LogP contribution in [-0.2, 0) is 9.53 Å². The summed E-state index contributed by atoms with van der Waals surface area (Å²) < 4.78 is 32.8. The van der Waals surface area contributed by atoms with Crippen molar-refractivity contribution in [1.82, 2.24) is 4.90 Å². The summed E-state index contributed by atoms with van der Waals surface area (Å²) in [5, 5.41) is 0. The van der Waals surface area contributed by atoms with Gasteiger partial charge in [0.15, 0.2) is 11.6 Å². The maximum Gasteiger partial charge on any atom is 0.226 e. The van der Waals surface area contributed by atoms with Crippen LogP contribution >= 0.6 is 0 Å².